The van der Waals surface area contributed by atoms with Crippen molar-refractivity contribution in [1.82, 2.24) is 4.98 Å². The maximum Gasteiger partial charge on any atom is 0.181 e. The lowest BCUT2D eigenvalue weighted by atomic mass is 10.1. The van der Waals surface area contributed by atoms with E-state index in [-0.39, 0.29) is 0 Å². The summed E-state index contributed by atoms with van der Waals surface area (Å²) in [5, 5.41) is 3.43. The predicted octanol–water partition coefficient (Wildman–Crippen LogP) is 3.16. The summed E-state index contributed by atoms with van der Waals surface area (Å²) in [6.07, 6.45) is 5.94. The Hall–Kier alpha value is -1.77. The normalized spacial score (nSPS) is 15.0. The van der Waals surface area contributed by atoms with Gasteiger partial charge in [-0.05, 0) is 43.0 Å². The second kappa shape index (κ2) is 4.00. The molecule has 1 aromatic heterocycles. The number of anilines is 1. The number of oxazole rings is 1. The van der Waals surface area contributed by atoms with Crippen molar-refractivity contribution in [3.05, 3.63) is 36.9 Å². The van der Waals surface area contributed by atoms with Crippen LogP contribution in [0.4, 0.5) is 5.69 Å². The van der Waals surface area contributed by atoms with Gasteiger partial charge in [0.2, 0.25) is 0 Å². The Bertz CT molecular complexity index is 443. The molecule has 1 fully saturated rings. The van der Waals surface area contributed by atoms with Gasteiger partial charge in [-0.15, -0.1) is 0 Å². The molecule has 0 aliphatic heterocycles. The van der Waals surface area contributed by atoms with Gasteiger partial charge in [-0.2, -0.15) is 0 Å². The van der Waals surface area contributed by atoms with Crippen LogP contribution in [-0.4, -0.2) is 11.5 Å². The highest BCUT2D eigenvalue weighted by molar-refractivity contribution is 5.60. The van der Waals surface area contributed by atoms with Crippen molar-refractivity contribution in [2.75, 3.05) is 11.9 Å². The van der Waals surface area contributed by atoms with Crippen molar-refractivity contribution in [2.45, 2.75) is 12.8 Å². The molecule has 3 heteroatoms. The van der Waals surface area contributed by atoms with Crippen LogP contribution in [0, 0.1) is 5.92 Å². The van der Waals surface area contributed by atoms with E-state index in [4.69, 9.17) is 4.42 Å². The predicted molar refractivity (Wildman–Crippen MR) is 63.2 cm³/mol. The molecule has 2 aromatic rings. The zero-order valence-electron chi connectivity index (χ0n) is 9.02. The van der Waals surface area contributed by atoms with E-state index in [1.54, 1.807) is 6.20 Å². The molecule has 1 aliphatic rings. The highest BCUT2D eigenvalue weighted by Gasteiger charge is 2.20. The summed E-state index contributed by atoms with van der Waals surface area (Å²) in [4.78, 5) is 3.91. The lowest BCUT2D eigenvalue weighted by Crippen LogP contribution is -2.02. The Morgan fingerprint density at radius 2 is 2.06 bits per heavy atom. The van der Waals surface area contributed by atoms with Crippen molar-refractivity contribution in [2.24, 2.45) is 5.92 Å². The Balaban J connectivity index is 1.69. The van der Waals surface area contributed by atoms with Gasteiger partial charge in [-0.3, -0.25) is 0 Å². The van der Waals surface area contributed by atoms with Crippen molar-refractivity contribution in [3.8, 4) is 11.3 Å². The van der Waals surface area contributed by atoms with Crippen molar-refractivity contribution >= 4 is 5.69 Å². The quantitative estimate of drug-likeness (QED) is 0.849. The minimum atomic E-state index is 0.814. The minimum absolute atomic E-state index is 0.814. The Morgan fingerprint density at radius 3 is 2.69 bits per heavy atom. The summed E-state index contributed by atoms with van der Waals surface area (Å²) in [6, 6.07) is 8.27. The number of nitrogens with one attached hydrogen (secondary N) is 1. The molecule has 0 atom stereocenters. The van der Waals surface area contributed by atoms with Gasteiger partial charge in [0.15, 0.2) is 12.2 Å². The molecule has 16 heavy (non-hydrogen) atoms. The third-order valence-corrected chi connectivity index (χ3v) is 2.89. The van der Waals surface area contributed by atoms with Crippen LogP contribution in [0.3, 0.4) is 0 Å². The topological polar surface area (TPSA) is 38.1 Å². The van der Waals surface area contributed by atoms with Gasteiger partial charge in [-0.25, -0.2) is 4.98 Å². The summed E-state index contributed by atoms with van der Waals surface area (Å²) in [6.45, 7) is 1.10. The lowest BCUT2D eigenvalue weighted by Gasteiger charge is -2.05. The monoisotopic (exact) mass is 214 g/mol. The fraction of sp³-hybridized carbons (Fsp3) is 0.308. The molecule has 1 N–H and O–H groups in total. The summed E-state index contributed by atoms with van der Waals surface area (Å²) in [5.74, 6) is 1.71. The smallest absolute Gasteiger partial charge is 0.181 e. The van der Waals surface area contributed by atoms with Crippen LogP contribution in [0.1, 0.15) is 12.8 Å². The largest absolute Gasteiger partial charge is 0.444 e. The van der Waals surface area contributed by atoms with Crippen LogP contribution < -0.4 is 5.32 Å². The molecule has 0 amide bonds. The first-order valence-corrected chi connectivity index (χ1v) is 5.64. The molecule has 0 unspecified atom stereocenters. The van der Waals surface area contributed by atoms with Crippen LogP contribution in [0.15, 0.2) is 41.3 Å². The molecular formula is C13H14N2O. The molecule has 3 nitrogen and oxygen atoms in total. The number of benzene rings is 1. The van der Waals surface area contributed by atoms with E-state index in [1.165, 1.54) is 24.9 Å². The number of aromatic nitrogens is 1. The van der Waals surface area contributed by atoms with E-state index in [0.29, 0.717) is 0 Å². The third kappa shape index (κ3) is 2.08. The Labute approximate surface area is 94.5 Å². The first kappa shape index (κ1) is 9.46. The Morgan fingerprint density at radius 1 is 1.25 bits per heavy atom. The highest BCUT2D eigenvalue weighted by atomic mass is 16.3. The zero-order valence-corrected chi connectivity index (χ0v) is 9.02. The van der Waals surface area contributed by atoms with Crippen LogP contribution >= 0.6 is 0 Å². The molecule has 0 spiro atoms. The molecule has 1 aliphatic carbocycles. The number of hydrogen-bond acceptors (Lipinski definition) is 3. The van der Waals surface area contributed by atoms with Crippen LogP contribution in [0.5, 0.6) is 0 Å². The summed E-state index contributed by atoms with van der Waals surface area (Å²) in [5.41, 5.74) is 2.24. The molecule has 1 saturated carbocycles. The van der Waals surface area contributed by atoms with Crippen LogP contribution in [0.25, 0.3) is 11.3 Å². The average molecular weight is 214 g/mol. The molecule has 0 bridgehead atoms. The van der Waals surface area contributed by atoms with E-state index in [0.717, 1.165) is 23.8 Å². The van der Waals surface area contributed by atoms with Gasteiger partial charge in [0.1, 0.15) is 0 Å². The van der Waals surface area contributed by atoms with Gasteiger partial charge in [0, 0.05) is 17.8 Å². The number of nitrogens with zero attached hydrogens (tertiary/aromatic N) is 1. The van der Waals surface area contributed by atoms with E-state index in [1.807, 2.05) is 0 Å². The van der Waals surface area contributed by atoms with Gasteiger partial charge in [0.25, 0.3) is 0 Å². The van der Waals surface area contributed by atoms with E-state index in [2.05, 4.69) is 34.6 Å². The minimum Gasteiger partial charge on any atom is -0.444 e. The maximum atomic E-state index is 5.24. The van der Waals surface area contributed by atoms with E-state index < -0.39 is 0 Å². The molecule has 3 rings (SSSR count). The average Bonchev–Trinajstić information content (AvgIpc) is 3.00. The fourth-order valence-electron chi connectivity index (χ4n) is 1.69. The van der Waals surface area contributed by atoms with Gasteiger partial charge in [0.05, 0.1) is 6.20 Å². The SMILES string of the molecule is c1ncc(-c2ccc(NCC3CC3)cc2)o1. The van der Waals surface area contributed by atoms with E-state index >= 15 is 0 Å². The summed E-state index contributed by atoms with van der Waals surface area (Å²) >= 11 is 0. The highest BCUT2D eigenvalue weighted by Crippen LogP contribution is 2.29. The van der Waals surface area contributed by atoms with Crippen molar-refractivity contribution < 1.29 is 4.42 Å². The van der Waals surface area contributed by atoms with Gasteiger partial charge < -0.3 is 9.73 Å². The molecule has 0 radical (unpaired) electrons. The Kier molecular flexibility index (Phi) is 2.37. The second-order valence-corrected chi connectivity index (χ2v) is 4.27. The summed E-state index contributed by atoms with van der Waals surface area (Å²) < 4.78 is 5.24. The standard InChI is InChI=1S/C13H14N2O/c1-2-10(1)7-15-12-5-3-11(4-6-12)13-8-14-9-16-13/h3-6,8-10,15H,1-2,7H2. The second-order valence-electron chi connectivity index (χ2n) is 4.27. The lowest BCUT2D eigenvalue weighted by molar-refractivity contribution is 0.572. The first-order chi connectivity index (χ1) is 7.92. The van der Waals surface area contributed by atoms with Gasteiger partial charge in [-0.1, -0.05) is 0 Å². The van der Waals surface area contributed by atoms with E-state index in [9.17, 15) is 0 Å². The summed E-state index contributed by atoms with van der Waals surface area (Å²) in [7, 11) is 0. The van der Waals surface area contributed by atoms with Crippen LogP contribution in [0.2, 0.25) is 0 Å². The van der Waals surface area contributed by atoms with Crippen LogP contribution in [-0.2, 0) is 0 Å². The van der Waals surface area contributed by atoms with Gasteiger partial charge >= 0.3 is 0 Å². The molecule has 0 saturated heterocycles. The van der Waals surface area contributed by atoms with Crippen molar-refractivity contribution in [1.29, 1.82) is 0 Å². The number of hydrogen-bond donors (Lipinski definition) is 1. The molecular weight excluding hydrogens is 200 g/mol. The molecule has 82 valence electrons. The molecule has 1 aromatic carbocycles. The third-order valence-electron chi connectivity index (χ3n) is 2.89. The first-order valence-electron chi connectivity index (χ1n) is 5.64. The van der Waals surface area contributed by atoms with Crippen molar-refractivity contribution in [3.63, 3.8) is 0 Å². The zero-order chi connectivity index (χ0) is 10.8. The number of rotatable bonds is 4. The maximum absolute atomic E-state index is 5.24. The fourth-order valence-corrected chi connectivity index (χ4v) is 1.69. The molecule has 1 heterocycles.